The van der Waals surface area contributed by atoms with Crippen LogP contribution in [0.25, 0.3) is 0 Å². The molecule has 0 amide bonds. The van der Waals surface area contributed by atoms with Crippen molar-refractivity contribution in [1.29, 1.82) is 0 Å². The Labute approximate surface area is 64.0 Å². The summed E-state index contributed by atoms with van der Waals surface area (Å²) in [5.74, 6) is 0.299. The lowest BCUT2D eigenvalue weighted by Gasteiger charge is -1.99. The fourth-order valence-corrected chi connectivity index (χ4v) is 1.08. The number of ketones is 1. The Morgan fingerprint density at radius 3 is 2.38 bits per heavy atom. The molecule has 0 fully saturated rings. The van der Waals surface area contributed by atoms with Gasteiger partial charge in [0.1, 0.15) is 5.78 Å². The Bertz CT molecular complexity index is 80.6. The molecule has 0 radical (unpaired) electrons. The van der Waals surface area contributed by atoms with Gasteiger partial charge in [-0.25, -0.2) is 0 Å². The van der Waals surface area contributed by atoms with Crippen LogP contribution in [0.5, 0.6) is 0 Å². The van der Waals surface area contributed by atoms with Crippen LogP contribution in [0.4, 0.5) is 0 Å². The van der Waals surface area contributed by atoms with E-state index < -0.39 is 0 Å². The van der Waals surface area contributed by atoms with E-state index in [0.717, 1.165) is 12.8 Å². The zero-order chi connectivity index (χ0) is 6.57. The van der Waals surface area contributed by atoms with Crippen molar-refractivity contribution in [3.8, 4) is 0 Å². The lowest BCUT2D eigenvalue weighted by atomic mass is 10.2. The molecular formula is C6H11IO. The maximum Gasteiger partial charge on any atom is 0.142 e. The van der Waals surface area contributed by atoms with Gasteiger partial charge in [-0.15, -0.1) is 0 Å². The minimum absolute atomic E-state index is 0.248. The predicted molar refractivity (Wildman–Crippen MR) is 43.4 cm³/mol. The van der Waals surface area contributed by atoms with E-state index in [-0.39, 0.29) is 3.92 Å². The van der Waals surface area contributed by atoms with Gasteiger partial charge in [0.25, 0.3) is 0 Å². The van der Waals surface area contributed by atoms with Crippen LogP contribution in [0, 0.1) is 0 Å². The molecule has 1 atom stereocenters. The number of hydrogen-bond donors (Lipinski definition) is 0. The van der Waals surface area contributed by atoms with Gasteiger partial charge in [0.15, 0.2) is 0 Å². The molecule has 2 heteroatoms. The van der Waals surface area contributed by atoms with Gasteiger partial charge in [-0.05, 0) is 13.3 Å². The van der Waals surface area contributed by atoms with Gasteiger partial charge in [-0.3, -0.25) is 4.79 Å². The third-order valence-corrected chi connectivity index (χ3v) is 2.48. The van der Waals surface area contributed by atoms with Gasteiger partial charge < -0.3 is 0 Å². The molecule has 0 aromatic heterocycles. The average Bonchev–Trinajstić information content (AvgIpc) is 1.67. The van der Waals surface area contributed by atoms with Crippen LogP contribution in [0.3, 0.4) is 0 Å². The molecule has 8 heavy (non-hydrogen) atoms. The summed E-state index contributed by atoms with van der Waals surface area (Å²) in [5.41, 5.74) is 0. The number of halogens is 1. The molecule has 0 aliphatic rings. The Morgan fingerprint density at radius 1 is 1.75 bits per heavy atom. The van der Waals surface area contributed by atoms with Gasteiger partial charge >= 0.3 is 0 Å². The van der Waals surface area contributed by atoms with Crippen LogP contribution < -0.4 is 0 Å². The number of Topliss-reactive ketones (excluding diaryl/α,β-unsaturated/α-hetero) is 1. The molecule has 0 aromatic carbocycles. The standard InChI is InChI=1S/C6H11IO/c1-3-4-6(7)5(2)8/h6H,3-4H2,1-2H3/t6-/m0/s1. The molecule has 0 bridgehead atoms. The van der Waals surface area contributed by atoms with Crippen LogP contribution >= 0.6 is 22.6 Å². The number of carbonyl (C=O) groups is 1. The highest BCUT2D eigenvalue weighted by Gasteiger charge is 2.05. The largest absolute Gasteiger partial charge is 0.299 e. The van der Waals surface area contributed by atoms with Gasteiger partial charge in [0, 0.05) is 0 Å². The topological polar surface area (TPSA) is 17.1 Å². The molecule has 0 spiro atoms. The van der Waals surface area contributed by atoms with Crippen molar-refractivity contribution in [2.45, 2.75) is 30.6 Å². The quantitative estimate of drug-likeness (QED) is 0.532. The van der Waals surface area contributed by atoms with Gasteiger partial charge in [-0.2, -0.15) is 0 Å². The Kier molecular flexibility index (Phi) is 4.51. The first-order chi connectivity index (χ1) is 3.68. The highest BCUT2D eigenvalue weighted by atomic mass is 127. The summed E-state index contributed by atoms with van der Waals surface area (Å²) in [4.78, 5) is 10.5. The minimum Gasteiger partial charge on any atom is -0.299 e. The Balaban J connectivity index is 3.32. The number of carbonyl (C=O) groups excluding carboxylic acids is 1. The van der Waals surface area contributed by atoms with E-state index in [1.165, 1.54) is 0 Å². The zero-order valence-corrected chi connectivity index (χ0v) is 7.44. The molecule has 0 saturated heterocycles. The van der Waals surface area contributed by atoms with Crippen LogP contribution in [0.15, 0.2) is 0 Å². The summed E-state index contributed by atoms with van der Waals surface area (Å²) < 4.78 is 0.248. The van der Waals surface area contributed by atoms with E-state index >= 15 is 0 Å². The first-order valence-corrected chi connectivity index (χ1v) is 4.07. The second-order valence-electron chi connectivity index (χ2n) is 1.87. The van der Waals surface area contributed by atoms with E-state index in [2.05, 4.69) is 29.5 Å². The van der Waals surface area contributed by atoms with E-state index in [1.807, 2.05) is 0 Å². The maximum atomic E-state index is 10.5. The minimum atomic E-state index is 0.248. The molecule has 0 aliphatic carbocycles. The van der Waals surface area contributed by atoms with Crippen molar-refractivity contribution in [3.05, 3.63) is 0 Å². The smallest absolute Gasteiger partial charge is 0.142 e. The van der Waals surface area contributed by atoms with Gasteiger partial charge in [0.2, 0.25) is 0 Å². The third-order valence-electron chi connectivity index (χ3n) is 0.983. The van der Waals surface area contributed by atoms with Crippen LogP contribution in [0.1, 0.15) is 26.7 Å². The van der Waals surface area contributed by atoms with Crippen molar-refractivity contribution in [2.75, 3.05) is 0 Å². The van der Waals surface area contributed by atoms with Crippen molar-refractivity contribution >= 4 is 28.4 Å². The molecule has 0 N–H and O–H groups in total. The predicted octanol–water partition coefficient (Wildman–Crippen LogP) is 2.18. The Morgan fingerprint density at radius 2 is 2.25 bits per heavy atom. The van der Waals surface area contributed by atoms with E-state index in [9.17, 15) is 4.79 Å². The normalized spacial score (nSPS) is 13.4. The highest BCUT2D eigenvalue weighted by Crippen LogP contribution is 2.08. The van der Waals surface area contributed by atoms with Crippen molar-refractivity contribution in [2.24, 2.45) is 0 Å². The molecule has 0 heterocycles. The molecule has 0 rings (SSSR count). The first-order valence-electron chi connectivity index (χ1n) is 2.83. The lowest BCUT2D eigenvalue weighted by molar-refractivity contribution is -0.116. The summed E-state index contributed by atoms with van der Waals surface area (Å²) in [6, 6.07) is 0. The molecule has 48 valence electrons. The van der Waals surface area contributed by atoms with Crippen molar-refractivity contribution in [3.63, 3.8) is 0 Å². The van der Waals surface area contributed by atoms with E-state index in [4.69, 9.17) is 0 Å². The Hall–Kier alpha value is 0.400. The van der Waals surface area contributed by atoms with Gasteiger partial charge in [-0.1, -0.05) is 35.9 Å². The molecule has 0 aliphatic heterocycles. The maximum absolute atomic E-state index is 10.5. The summed E-state index contributed by atoms with van der Waals surface area (Å²) in [6.07, 6.45) is 2.13. The molecule has 0 saturated carbocycles. The average molecular weight is 226 g/mol. The molecule has 1 nitrogen and oxygen atoms in total. The number of hydrogen-bond acceptors (Lipinski definition) is 1. The third kappa shape index (κ3) is 3.41. The van der Waals surface area contributed by atoms with Gasteiger partial charge in [0.05, 0.1) is 3.92 Å². The van der Waals surface area contributed by atoms with E-state index in [0.29, 0.717) is 5.78 Å². The highest BCUT2D eigenvalue weighted by molar-refractivity contribution is 14.1. The van der Waals surface area contributed by atoms with E-state index in [1.54, 1.807) is 6.92 Å². The van der Waals surface area contributed by atoms with Crippen molar-refractivity contribution in [1.82, 2.24) is 0 Å². The zero-order valence-electron chi connectivity index (χ0n) is 5.28. The summed E-state index contributed by atoms with van der Waals surface area (Å²) in [6.45, 7) is 3.74. The molecular weight excluding hydrogens is 215 g/mol. The summed E-state index contributed by atoms with van der Waals surface area (Å²) in [7, 11) is 0. The second-order valence-corrected chi connectivity index (χ2v) is 3.37. The molecule has 0 aromatic rings. The lowest BCUT2D eigenvalue weighted by Crippen LogP contribution is -2.07. The monoisotopic (exact) mass is 226 g/mol. The summed E-state index contributed by atoms with van der Waals surface area (Å²) in [5, 5.41) is 0. The fourth-order valence-electron chi connectivity index (χ4n) is 0.457. The van der Waals surface area contributed by atoms with Crippen LogP contribution in [-0.2, 0) is 4.79 Å². The fraction of sp³-hybridized carbons (Fsp3) is 0.833. The number of rotatable bonds is 3. The molecule has 0 unspecified atom stereocenters. The van der Waals surface area contributed by atoms with Crippen LogP contribution in [0.2, 0.25) is 0 Å². The summed E-state index contributed by atoms with van der Waals surface area (Å²) >= 11 is 2.18. The second kappa shape index (κ2) is 4.30. The SMILES string of the molecule is CCC[C@H](I)C(C)=O. The first kappa shape index (κ1) is 8.40. The van der Waals surface area contributed by atoms with Crippen LogP contribution in [-0.4, -0.2) is 9.71 Å². The number of alkyl halides is 1. The van der Waals surface area contributed by atoms with Crippen molar-refractivity contribution < 1.29 is 4.79 Å².